The molecule has 0 saturated heterocycles. The molecule has 2 heterocycles. The second kappa shape index (κ2) is 4.38. The van der Waals surface area contributed by atoms with E-state index in [2.05, 4.69) is 4.98 Å². The van der Waals surface area contributed by atoms with Gasteiger partial charge < -0.3 is 9.47 Å². The molecule has 4 rings (SSSR count). The molecule has 0 radical (unpaired) electrons. The molecule has 3 aromatic rings. The van der Waals surface area contributed by atoms with E-state index in [1.54, 1.807) is 6.20 Å². The summed E-state index contributed by atoms with van der Waals surface area (Å²) in [7, 11) is 0. The van der Waals surface area contributed by atoms with Crippen LogP contribution in [0.25, 0.3) is 11.3 Å². The zero-order chi connectivity index (χ0) is 13.4. The van der Waals surface area contributed by atoms with E-state index in [9.17, 15) is 0 Å². The highest BCUT2D eigenvalue weighted by Crippen LogP contribution is 2.45. The minimum absolute atomic E-state index is 0.642. The van der Waals surface area contributed by atoms with Gasteiger partial charge in [-0.1, -0.05) is 42.5 Å². The fraction of sp³-hybridized carbons (Fsp3) is 0. The Hall–Kier alpha value is -2.81. The lowest BCUT2D eigenvalue weighted by Gasteiger charge is -2.20. The summed E-state index contributed by atoms with van der Waals surface area (Å²) >= 11 is 0. The van der Waals surface area contributed by atoms with E-state index >= 15 is 0 Å². The SMILES string of the molecule is c1ccc(-c2cc3c(cn2)Oc2ccccc2O3)cc1. The molecular weight excluding hydrogens is 250 g/mol. The largest absolute Gasteiger partial charge is 0.449 e. The number of pyridine rings is 1. The Morgan fingerprint density at radius 3 is 2.05 bits per heavy atom. The van der Waals surface area contributed by atoms with Gasteiger partial charge in [-0.3, -0.25) is 4.98 Å². The van der Waals surface area contributed by atoms with Crippen molar-refractivity contribution in [3.05, 3.63) is 66.9 Å². The molecule has 0 saturated carbocycles. The minimum atomic E-state index is 0.642. The van der Waals surface area contributed by atoms with Gasteiger partial charge in [0.05, 0.1) is 11.9 Å². The Balaban J connectivity index is 1.77. The van der Waals surface area contributed by atoms with Gasteiger partial charge in [0.15, 0.2) is 23.0 Å². The zero-order valence-electron chi connectivity index (χ0n) is 10.6. The zero-order valence-corrected chi connectivity index (χ0v) is 10.6. The second-order valence-corrected chi connectivity index (χ2v) is 4.53. The van der Waals surface area contributed by atoms with E-state index in [0.29, 0.717) is 17.2 Å². The molecule has 0 amide bonds. The first kappa shape index (κ1) is 11.1. The molecule has 20 heavy (non-hydrogen) atoms. The number of para-hydroxylation sites is 2. The van der Waals surface area contributed by atoms with Crippen molar-refractivity contribution >= 4 is 0 Å². The van der Waals surface area contributed by atoms with Gasteiger partial charge in [0.1, 0.15) is 0 Å². The smallest absolute Gasteiger partial charge is 0.188 e. The van der Waals surface area contributed by atoms with Gasteiger partial charge in [-0.25, -0.2) is 0 Å². The van der Waals surface area contributed by atoms with Crippen molar-refractivity contribution in [2.45, 2.75) is 0 Å². The van der Waals surface area contributed by atoms with Crippen LogP contribution in [0.1, 0.15) is 0 Å². The second-order valence-electron chi connectivity index (χ2n) is 4.53. The van der Waals surface area contributed by atoms with E-state index in [1.165, 1.54) is 0 Å². The lowest BCUT2D eigenvalue weighted by molar-refractivity contribution is 0.358. The Labute approximate surface area is 116 Å². The molecule has 0 N–H and O–H groups in total. The maximum Gasteiger partial charge on any atom is 0.188 e. The van der Waals surface area contributed by atoms with Crippen LogP contribution in [-0.4, -0.2) is 4.98 Å². The lowest BCUT2D eigenvalue weighted by atomic mass is 10.1. The van der Waals surface area contributed by atoms with E-state index in [0.717, 1.165) is 17.0 Å². The van der Waals surface area contributed by atoms with Gasteiger partial charge in [0, 0.05) is 11.6 Å². The van der Waals surface area contributed by atoms with Gasteiger partial charge in [-0.15, -0.1) is 0 Å². The maximum atomic E-state index is 5.87. The molecule has 0 aliphatic carbocycles. The standard InChI is InChI=1S/C17H11NO2/c1-2-6-12(7-3-1)13-10-16-17(11-18-13)20-15-9-5-4-8-14(15)19-16/h1-11H. The first-order chi connectivity index (χ1) is 9.90. The minimum Gasteiger partial charge on any atom is -0.449 e. The summed E-state index contributed by atoms with van der Waals surface area (Å²) in [4.78, 5) is 4.43. The number of rotatable bonds is 1. The highest BCUT2D eigenvalue weighted by atomic mass is 16.6. The summed E-state index contributed by atoms with van der Waals surface area (Å²) in [5.74, 6) is 2.78. The molecule has 0 fully saturated rings. The van der Waals surface area contributed by atoms with Crippen molar-refractivity contribution < 1.29 is 9.47 Å². The molecule has 3 nitrogen and oxygen atoms in total. The summed E-state index contributed by atoms with van der Waals surface area (Å²) in [5.41, 5.74) is 1.92. The molecule has 0 spiro atoms. The molecule has 1 aliphatic heterocycles. The van der Waals surface area contributed by atoms with Crippen LogP contribution in [0.4, 0.5) is 0 Å². The van der Waals surface area contributed by atoms with Gasteiger partial charge in [0.2, 0.25) is 0 Å². The number of fused-ring (bicyclic) bond motifs is 2. The molecule has 3 heteroatoms. The molecule has 1 aliphatic rings. The monoisotopic (exact) mass is 261 g/mol. The predicted octanol–water partition coefficient (Wildman–Crippen LogP) is 4.65. The summed E-state index contributed by atoms with van der Waals surface area (Å²) in [6, 6.07) is 19.5. The number of aromatic nitrogens is 1. The Morgan fingerprint density at radius 2 is 1.30 bits per heavy atom. The summed E-state index contributed by atoms with van der Waals surface area (Å²) in [6.45, 7) is 0. The summed E-state index contributed by atoms with van der Waals surface area (Å²) in [5, 5.41) is 0. The molecule has 1 aromatic heterocycles. The maximum absolute atomic E-state index is 5.87. The van der Waals surface area contributed by atoms with E-state index in [-0.39, 0.29) is 0 Å². The van der Waals surface area contributed by atoms with Crippen LogP contribution in [0.15, 0.2) is 66.9 Å². The average molecular weight is 261 g/mol. The molecule has 96 valence electrons. The van der Waals surface area contributed by atoms with Gasteiger partial charge in [-0.2, -0.15) is 0 Å². The lowest BCUT2D eigenvalue weighted by Crippen LogP contribution is -1.99. The van der Waals surface area contributed by atoms with Gasteiger partial charge in [-0.05, 0) is 12.1 Å². The number of nitrogens with zero attached hydrogens (tertiary/aromatic N) is 1. The summed E-state index contributed by atoms with van der Waals surface area (Å²) < 4.78 is 11.7. The summed E-state index contributed by atoms with van der Waals surface area (Å²) in [6.07, 6.45) is 1.70. The van der Waals surface area contributed by atoms with Crippen LogP contribution < -0.4 is 9.47 Å². The van der Waals surface area contributed by atoms with Crippen molar-refractivity contribution in [3.63, 3.8) is 0 Å². The fourth-order valence-corrected chi connectivity index (χ4v) is 2.20. The molecule has 0 bridgehead atoms. The highest BCUT2D eigenvalue weighted by molar-refractivity contribution is 5.64. The van der Waals surface area contributed by atoms with Gasteiger partial charge in [0.25, 0.3) is 0 Å². The Morgan fingerprint density at radius 1 is 0.650 bits per heavy atom. The van der Waals surface area contributed by atoms with Crippen LogP contribution in [0.5, 0.6) is 23.0 Å². The molecular formula is C17H11NO2. The van der Waals surface area contributed by atoms with Crippen molar-refractivity contribution in [3.8, 4) is 34.3 Å². The molecule has 2 aromatic carbocycles. The van der Waals surface area contributed by atoms with E-state index in [1.807, 2.05) is 60.7 Å². The number of hydrogen-bond acceptors (Lipinski definition) is 3. The Kier molecular flexibility index (Phi) is 2.42. The van der Waals surface area contributed by atoms with Crippen molar-refractivity contribution in [1.82, 2.24) is 4.98 Å². The third-order valence-electron chi connectivity index (χ3n) is 3.19. The van der Waals surface area contributed by atoms with Crippen LogP contribution >= 0.6 is 0 Å². The third kappa shape index (κ3) is 1.80. The van der Waals surface area contributed by atoms with Crippen molar-refractivity contribution in [1.29, 1.82) is 0 Å². The van der Waals surface area contributed by atoms with Crippen LogP contribution in [0.3, 0.4) is 0 Å². The van der Waals surface area contributed by atoms with Crippen LogP contribution in [0.2, 0.25) is 0 Å². The molecule has 0 unspecified atom stereocenters. The fourth-order valence-electron chi connectivity index (χ4n) is 2.20. The van der Waals surface area contributed by atoms with Crippen LogP contribution in [0, 0.1) is 0 Å². The van der Waals surface area contributed by atoms with Crippen molar-refractivity contribution in [2.24, 2.45) is 0 Å². The number of ether oxygens (including phenoxy) is 2. The number of hydrogen-bond donors (Lipinski definition) is 0. The van der Waals surface area contributed by atoms with Crippen LogP contribution in [-0.2, 0) is 0 Å². The molecule has 0 atom stereocenters. The average Bonchev–Trinajstić information content (AvgIpc) is 2.53. The van der Waals surface area contributed by atoms with Gasteiger partial charge >= 0.3 is 0 Å². The number of benzene rings is 2. The quantitative estimate of drug-likeness (QED) is 0.500. The Bertz CT molecular complexity index is 769. The normalized spacial score (nSPS) is 11.8. The topological polar surface area (TPSA) is 31.4 Å². The first-order valence-corrected chi connectivity index (χ1v) is 6.40. The van der Waals surface area contributed by atoms with Crippen molar-refractivity contribution in [2.75, 3.05) is 0 Å². The van der Waals surface area contributed by atoms with E-state index in [4.69, 9.17) is 9.47 Å². The van der Waals surface area contributed by atoms with E-state index < -0.39 is 0 Å². The first-order valence-electron chi connectivity index (χ1n) is 6.40. The third-order valence-corrected chi connectivity index (χ3v) is 3.19. The highest BCUT2D eigenvalue weighted by Gasteiger charge is 2.19. The predicted molar refractivity (Wildman–Crippen MR) is 76.3 cm³/mol.